The van der Waals surface area contributed by atoms with Gasteiger partial charge in [-0.2, -0.15) is 0 Å². The number of ketones is 1. The lowest BCUT2D eigenvalue weighted by molar-refractivity contribution is 0.0950. The van der Waals surface area contributed by atoms with Gasteiger partial charge in [-0.3, -0.25) is 4.79 Å². The normalized spacial score (nSPS) is 12.2. The molecule has 2 N–H and O–H groups in total. The molecule has 0 radical (unpaired) electrons. The predicted molar refractivity (Wildman–Crippen MR) is 71.0 cm³/mol. The fourth-order valence-corrected chi connectivity index (χ4v) is 1.67. The lowest BCUT2D eigenvalue weighted by atomic mass is 10.0. The third-order valence-electron chi connectivity index (χ3n) is 2.65. The van der Waals surface area contributed by atoms with E-state index in [0.29, 0.717) is 25.2 Å². The maximum Gasteiger partial charge on any atom is 0.179 e. The van der Waals surface area contributed by atoms with Crippen LogP contribution in [-0.2, 0) is 4.74 Å². The zero-order chi connectivity index (χ0) is 13.4. The van der Waals surface area contributed by atoms with Crippen LogP contribution < -0.4 is 10.5 Å². The number of hydrogen-bond donors (Lipinski definition) is 1. The SMILES string of the molecule is CCOc1ccc(C(=O)C(N)CCCOC)cc1. The Labute approximate surface area is 108 Å². The van der Waals surface area contributed by atoms with Crippen molar-refractivity contribution in [3.63, 3.8) is 0 Å². The molecule has 0 heterocycles. The van der Waals surface area contributed by atoms with E-state index in [1.807, 2.05) is 6.92 Å². The number of benzene rings is 1. The highest BCUT2D eigenvalue weighted by Crippen LogP contribution is 2.14. The Morgan fingerprint density at radius 3 is 2.56 bits per heavy atom. The van der Waals surface area contributed by atoms with E-state index in [1.165, 1.54) is 0 Å². The van der Waals surface area contributed by atoms with Gasteiger partial charge in [0.25, 0.3) is 0 Å². The number of rotatable bonds is 8. The molecular formula is C14H21NO3. The molecule has 1 unspecified atom stereocenters. The largest absolute Gasteiger partial charge is 0.494 e. The number of ether oxygens (including phenoxy) is 2. The molecule has 1 aromatic rings. The Morgan fingerprint density at radius 2 is 2.00 bits per heavy atom. The maximum atomic E-state index is 12.0. The highest BCUT2D eigenvalue weighted by atomic mass is 16.5. The minimum atomic E-state index is -0.460. The van der Waals surface area contributed by atoms with Crippen molar-refractivity contribution in [3.8, 4) is 5.75 Å². The first-order chi connectivity index (χ1) is 8.69. The van der Waals surface area contributed by atoms with Gasteiger partial charge in [-0.1, -0.05) is 0 Å². The highest BCUT2D eigenvalue weighted by Gasteiger charge is 2.15. The molecule has 1 rings (SSSR count). The maximum absolute atomic E-state index is 12.0. The zero-order valence-corrected chi connectivity index (χ0v) is 11.0. The molecule has 100 valence electrons. The van der Waals surface area contributed by atoms with Crippen molar-refractivity contribution >= 4 is 5.78 Å². The van der Waals surface area contributed by atoms with Gasteiger partial charge in [-0.25, -0.2) is 0 Å². The van der Waals surface area contributed by atoms with Crippen LogP contribution in [-0.4, -0.2) is 32.1 Å². The monoisotopic (exact) mass is 251 g/mol. The summed E-state index contributed by atoms with van der Waals surface area (Å²) in [4.78, 5) is 12.0. The molecule has 0 amide bonds. The Hall–Kier alpha value is -1.39. The Bertz CT molecular complexity index is 362. The third kappa shape index (κ3) is 4.47. The van der Waals surface area contributed by atoms with E-state index in [9.17, 15) is 4.79 Å². The van der Waals surface area contributed by atoms with Crippen molar-refractivity contribution in [1.82, 2.24) is 0 Å². The lowest BCUT2D eigenvalue weighted by Crippen LogP contribution is -2.30. The molecule has 4 nitrogen and oxygen atoms in total. The van der Waals surface area contributed by atoms with E-state index < -0.39 is 6.04 Å². The van der Waals surface area contributed by atoms with Crippen LogP contribution in [0.3, 0.4) is 0 Å². The van der Waals surface area contributed by atoms with Crippen LogP contribution >= 0.6 is 0 Å². The molecule has 0 saturated heterocycles. The molecule has 0 bridgehead atoms. The number of carbonyl (C=O) groups excluding carboxylic acids is 1. The number of methoxy groups -OCH3 is 1. The van der Waals surface area contributed by atoms with Gasteiger partial charge in [0.15, 0.2) is 5.78 Å². The molecule has 0 aliphatic rings. The van der Waals surface area contributed by atoms with Crippen molar-refractivity contribution in [1.29, 1.82) is 0 Å². The lowest BCUT2D eigenvalue weighted by Gasteiger charge is -2.10. The molecule has 1 atom stereocenters. The summed E-state index contributed by atoms with van der Waals surface area (Å²) in [6.45, 7) is 3.17. The first kappa shape index (κ1) is 14.7. The molecular weight excluding hydrogens is 230 g/mol. The molecule has 0 saturated carbocycles. The fourth-order valence-electron chi connectivity index (χ4n) is 1.67. The van der Waals surface area contributed by atoms with E-state index in [1.54, 1.807) is 31.4 Å². The van der Waals surface area contributed by atoms with Crippen LogP contribution in [0.1, 0.15) is 30.1 Å². The second-order valence-corrected chi connectivity index (χ2v) is 4.06. The Kier molecular flexibility index (Phi) is 6.39. The van der Waals surface area contributed by atoms with Gasteiger partial charge in [0.2, 0.25) is 0 Å². The minimum absolute atomic E-state index is 0.0332. The molecule has 0 aliphatic carbocycles. The minimum Gasteiger partial charge on any atom is -0.494 e. The molecule has 0 fully saturated rings. The first-order valence-electron chi connectivity index (χ1n) is 6.20. The summed E-state index contributed by atoms with van der Waals surface area (Å²) in [5, 5.41) is 0. The number of Topliss-reactive ketones (excluding diaryl/α,β-unsaturated/α-hetero) is 1. The Morgan fingerprint density at radius 1 is 1.33 bits per heavy atom. The van der Waals surface area contributed by atoms with Crippen LogP contribution in [0.15, 0.2) is 24.3 Å². The van der Waals surface area contributed by atoms with Gasteiger partial charge in [-0.05, 0) is 44.0 Å². The van der Waals surface area contributed by atoms with Crippen LogP contribution in [0.2, 0.25) is 0 Å². The second-order valence-electron chi connectivity index (χ2n) is 4.06. The van der Waals surface area contributed by atoms with Crippen LogP contribution in [0.4, 0.5) is 0 Å². The first-order valence-corrected chi connectivity index (χ1v) is 6.20. The fraction of sp³-hybridized carbons (Fsp3) is 0.500. The summed E-state index contributed by atoms with van der Waals surface area (Å²) < 4.78 is 10.3. The van der Waals surface area contributed by atoms with Crippen molar-refractivity contribution in [2.45, 2.75) is 25.8 Å². The molecule has 4 heteroatoms. The van der Waals surface area contributed by atoms with Crippen molar-refractivity contribution < 1.29 is 14.3 Å². The summed E-state index contributed by atoms with van der Waals surface area (Å²) >= 11 is 0. The molecule has 18 heavy (non-hydrogen) atoms. The van der Waals surface area contributed by atoms with Crippen molar-refractivity contribution in [2.75, 3.05) is 20.3 Å². The summed E-state index contributed by atoms with van der Waals surface area (Å²) in [7, 11) is 1.64. The van der Waals surface area contributed by atoms with Gasteiger partial charge < -0.3 is 15.2 Å². The quantitative estimate of drug-likeness (QED) is 0.567. The smallest absolute Gasteiger partial charge is 0.179 e. The number of carbonyl (C=O) groups is 1. The van der Waals surface area contributed by atoms with Crippen molar-refractivity contribution in [2.24, 2.45) is 5.73 Å². The summed E-state index contributed by atoms with van der Waals surface area (Å²) in [5.74, 6) is 0.733. The highest BCUT2D eigenvalue weighted by molar-refractivity contribution is 6.00. The molecule has 1 aromatic carbocycles. The van der Waals surface area contributed by atoms with Gasteiger partial charge in [0.1, 0.15) is 5.75 Å². The van der Waals surface area contributed by atoms with Crippen LogP contribution in [0.25, 0.3) is 0 Å². The van der Waals surface area contributed by atoms with Gasteiger partial charge >= 0.3 is 0 Å². The summed E-state index contributed by atoms with van der Waals surface area (Å²) in [5.41, 5.74) is 6.48. The average Bonchev–Trinajstić information content (AvgIpc) is 2.39. The molecule has 0 spiro atoms. The van der Waals surface area contributed by atoms with E-state index >= 15 is 0 Å². The van der Waals surface area contributed by atoms with E-state index in [2.05, 4.69) is 0 Å². The van der Waals surface area contributed by atoms with E-state index in [4.69, 9.17) is 15.2 Å². The average molecular weight is 251 g/mol. The third-order valence-corrected chi connectivity index (χ3v) is 2.65. The van der Waals surface area contributed by atoms with Crippen LogP contribution in [0.5, 0.6) is 5.75 Å². The van der Waals surface area contributed by atoms with E-state index in [0.717, 1.165) is 12.2 Å². The van der Waals surface area contributed by atoms with Gasteiger partial charge in [-0.15, -0.1) is 0 Å². The van der Waals surface area contributed by atoms with Gasteiger partial charge in [0.05, 0.1) is 12.6 Å². The summed E-state index contributed by atoms with van der Waals surface area (Å²) in [6.07, 6.45) is 1.43. The van der Waals surface area contributed by atoms with Crippen LogP contribution in [0, 0.1) is 0 Å². The van der Waals surface area contributed by atoms with Gasteiger partial charge in [0, 0.05) is 19.3 Å². The van der Waals surface area contributed by atoms with Crippen molar-refractivity contribution in [3.05, 3.63) is 29.8 Å². The number of hydrogen-bond acceptors (Lipinski definition) is 4. The standard InChI is InChI=1S/C14H21NO3/c1-3-18-12-8-6-11(7-9-12)14(16)13(15)5-4-10-17-2/h6-9,13H,3-5,10,15H2,1-2H3. The van der Waals surface area contributed by atoms with E-state index in [-0.39, 0.29) is 5.78 Å². The summed E-state index contributed by atoms with van der Waals surface area (Å²) in [6, 6.07) is 6.63. The molecule has 0 aliphatic heterocycles. The predicted octanol–water partition coefficient (Wildman–Crippen LogP) is 2.02. The molecule has 0 aromatic heterocycles. The zero-order valence-electron chi connectivity index (χ0n) is 11.0. The number of nitrogens with two attached hydrogens (primary N) is 1. The second kappa shape index (κ2) is 7.84. The Balaban J connectivity index is 2.54. The topological polar surface area (TPSA) is 61.5 Å².